The lowest BCUT2D eigenvalue weighted by molar-refractivity contribution is -0.0286. The summed E-state index contributed by atoms with van der Waals surface area (Å²) in [6, 6.07) is 6.53. The molecule has 0 aliphatic heterocycles. The summed E-state index contributed by atoms with van der Waals surface area (Å²) < 4.78 is 27.9. The first-order chi connectivity index (χ1) is 8.09. The third-order valence-electron chi connectivity index (χ3n) is 3.55. The molecule has 1 fully saturated rings. The van der Waals surface area contributed by atoms with E-state index in [1.165, 1.54) is 6.07 Å². The second kappa shape index (κ2) is 4.73. The lowest BCUT2D eigenvalue weighted by Crippen LogP contribution is -2.16. The highest BCUT2D eigenvalue weighted by Gasteiger charge is 2.47. The van der Waals surface area contributed by atoms with E-state index in [1.807, 2.05) is 13.0 Å². The maximum Gasteiger partial charge on any atom is 0.276 e. The van der Waals surface area contributed by atoms with Crippen LogP contribution in [0.5, 0.6) is 0 Å². The molecule has 94 valence electrons. The van der Waals surface area contributed by atoms with E-state index in [0.29, 0.717) is 12.8 Å². The summed E-state index contributed by atoms with van der Waals surface area (Å²) in [6.07, 6.45) is 2.00. The molecule has 0 amide bonds. The molecule has 1 unspecified atom stereocenters. The summed E-state index contributed by atoms with van der Waals surface area (Å²) in [6.45, 7) is 1.96. The van der Waals surface area contributed by atoms with Crippen LogP contribution in [0.1, 0.15) is 43.2 Å². The minimum absolute atomic E-state index is 0.00888. The molecule has 0 radical (unpaired) electrons. The summed E-state index contributed by atoms with van der Waals surface area (Å²) in [4.78, 5) is 0. The number of aliphatic hydroxyl groups excluding tert-OH is 1. The zero-order valence-electron chi connectivity index (χ0n) is 10.00. The molecule has 1 saturated carbocycles. The van der Waals surface area contributed by atoms with Gasteiger partial charge >= 0.3 is 0 Å². The lowest BCUT2D eigenvalue weighted by Gasteiger charge is -2.19. The maximum atomic E-state index is 13.9. The Labute approximate surface area is 100 Å². The third-order valence-corrected chi connectivity index (χ3v) is 3.55. The predicted octanol–water partition coefficient (Wildman–Crippen LogP) is 3.67. The van der Waals surface area contributed by atoms with Crippen molar-refractivity contribution in [3.05, 3.63) is 35.4 Å². The molecule has 0 bridgehead atoms. The van der Waals surface area contributed by atoms with E-state index in [-0.39, 0.29) is 18.1 Å². The van der Waals surface area contributed by atoms with Crippen molar-refractivity contribution in [2.45, 2.75) is 38.0 Å². The Morgan fingerprint density at radius 3 is 2.65 bits per heavy atom. The molecule has 1 aromatic carbocycles. The van der Waals surface area contributed by atoms with Gasteiger partial charge in [0.05, 0.1) is 0 Å². The van der Waals surface area contributed by atoms with Crippen LogP contribution in [0.25, 0.3) is 0 Å². The van der Waals surface area contributed by atoms with Gasteiger partial charge in [0.1, 0.15) is 0 Å². The molecule has 0 aromatic heterocycles. The van der Waals surface area contributed by atoms with Gasteiger partial charge in [-0.3, -0.25) is 0 Å². The Bertz CT molecular complexity index is 382. The number of hydrogen-bond donors (Lipinski definition) is 1. The fourth-order valence-corrected chi connectivity index (χ4v) is 2.15. The number of hydrogen-bond acceptors (Lipinski definition) is 1. The minimum Gasteiger partial charge on any atom is -0.396 e. The Morgan fingerprint density at radius 1 is 1.41 bits per heavy atom. The topological polar surface area (TPSA) is 20.2 Å². The fraction of sp³-hybridized carbons (Fsp3) is 0.571. The Morgan fingerprint density at radius 2 is 2.12 bits per heavy atom. The first-order valence-electron chi connectivity index (χ1n) is 6.18. The van der Waals surface area contributed by atoms with E-state index in [2.05, 4.69) is 0 Å². The van der Waals surface area contributed by atoms with E-state index >= 15 is 0 Å². The van der Waals surface area contributed by atoms with E-state index in [0.717, 1.165) is 12.0 Å². The van der Waals surface area contributed by atoms with Crippen molar-refractivity contribution in [3.63, 3.8) is 0 Å². The lowest BCUT2D eigenvalue weighted by atomic mass is 9.93. The van der Waals surface area contributed by atoms with Gasteiger partial charge < -0.3 is 5.11 Å². The van der Waals surface area contributed by atoms with E-state index in [4.69, 9.17) is 0 Å². The molecule has 1 nitrogen and oxygen atoms in total. The molecule has 1 aromatic rings. The van der Waals surface area contributed by atoms with Crippen molar-refractivity contribution < 1.29 is 13.9 Å². The van der Waals surface area contributed by atoms with Crippen LogP contribution < -0.4 is 0 Å². The fourth-order valence-electron chi connectivity index (χ4n) is 2.15. The predicted molar refractivity (Wildman–Crippen MR) is 63.2 cm³/mol. The summed E-state index contributed by atoms with van der Waals surface area (Å²) in [5.41, 5.74) is 0.914. The molecule has 1 atom stereocenters. The molecule has 1 N–H and O–H groups in total. The average molecular weight is 240 g/mol. The monoisotopic (exact) mass is 240 g/mol. The summed E-state index contributed by atoms with van der Waals surface area (Å²) >= 11 is 0. The van der Waals surface area contributed by atoms with Gasteiger partial charge in [-0.25, -0.2) is 8.78 Å². The molecule has 0 heterocycles. The SMILES string of the molecule is CCC(CO)c1cccc(C(F)(F)C2CC2)c1. The van der Waals surface area contributed by atoms with Crippen molar-refractivity contribution in [3.8, 4) is 0 Å². The smallest absolute Gasteiger partial charge is 0.276 e. The molecular weight excluding hydrogens is 222 g/mol. The molecular formula is C14H18F2O. The quantitative estimate of drug-likeness (QED) is 0.832. The average Bonchev–Trinajstić information content (AvgIpc) is 3.15. The van der Waals surface area contributed by atoms with Crippen molar-refractivity contribution in [1.29, 1.82) is 0 Å². The summed E-state index contributed by atoms with van der Waals surface area (Å²) in [5, 5.41) is 9.21. The van der Waals surface area contributed by atoms with Crippen LogP contribution in [-0.4, -0.2) is 11.7 Å². The van der Waals surface area contributed by atoms with Crippen LogP contribution >= 0.6 is 0 Å². The molecule has 17 heavy (non-hydrogen) atoms. The second-order valence-corrected chi connectivity index (χ2v) is 4.81. The number of benzene rings is 1. The normalized spacial score (nSPS) is 18.1. The maximum absolute atomic E-state index is 13.9. The van der Waals surface area contributed by atoms with Crippen molar-refractivity contribution in [2.24, 2.45) is 5.92 Å². The van der Waals surface area contributed by atoms with Gasteiger partial charge in [0.2, 0.25) is 0 Å². The Balaban J connectivity index is 2.27. The standard InChI is InChI=1S/C14H18F2O/c1-2-10(9-17)11-4-3-5-13(8-11)14(15,16)12-6-7-12/h3-5,8,10,12,17H,2,6-7,9H2,1H3. The van der Waals surface area contributed by atoms with Crippen molar-refractivity contribution in [2.75, 3.05) is 6.61 Å². The number of halogens is 2. The number of aliphatic hydroxyl groups is 1. The first-order valence-corrected chi connectivity index (χ1v) is 6.18. The van der Waals surface area contributed by atoms with Gasteiger partial charge in [-0.1, -0.05) is 25.1 Å². The third kappa shape index (κ3) is 2.49. The molecule has 0 spiro atoms. The Kier molecular flexibility index (Phi) is 3.48. The number of alkyl halides is 2. The van der Waals surface area contributed by atoms with Crippen LogP contribution in [-0.2, 0) is 5.92 Å². The van der Waals surface area contributed by atoms with Gasteiger partial charge in [-0.2, -0.15) is 0 Å². The van der Waals surface area contributed by atoms with E-state index < -0.39 is 11.8 Å². The highest BCUT2D eigenvalue weighted by Crippen LogP contribution is 2.49. The van der Waals surface area contributed by atoms with Gasteiger partial charge in [-0.05, 0) is 30.9 Å². The first kappa shape index (κ1) is 12.5. The molecule has 0 saturated heterocycles. The molecule has 1 aliphatic carbocycles. The van der Waals surface area contributed by atoms with Gasteiger partial charge in [0.25, 0.3) is 5.92 Å². The zero-order chi connectivity index (χ0) is 12.5. The van der Waals surface area contributed by atoms with E-state index in [1.54, 1.807) is 12.1 Å². The highest BCUT2D eigenvalue weighted by atomic mass is 19.3. The van der Waals surface area contributed by atoms with Gasteiger partial charge in [-0.15, -0.1) is 0 Å². The zero-order valence-corrected chi connectivity index (χ0v) is 10.00. The van der Waals surface area contributed by atoms with Crippen LogP contribution in [0.15, 0.2) is 24.3 Å². The molecule has 3 heteroatoms. The van der Waals surface area contributed by atoms with E-state index in [9.17, 15) is 13.9 Å². The second-order valence-electron chi connectivity index (χ2n) is 4.81. The van der Waals surface area contributed by atoms with Crippen molar-refractivity contribution >= 4 is 0 Å². The van der Waals surface area contributed by atoms with Gasteiger partial charge in [0, 0.05) is 24.0 Å². The van der Waals surface area contributed by atoms with Gasteiger partial charge in [0.15, 0.2) is 0 Å². The largest absolute Gasteiger partial charge is 0.396 e. The highest BCUT2D eigenvalue weighted by molar-refractivity contribution is 5.30. The summed E-state index contributed by atoms with van der Waals surface area (Å²) in [7, 11) is 0. The molecule has 1 aliphatic rings. The number of rotatable bonds is 5. The summed E-state index contributed by atoms with van der Waals surface area (Å²) in [5.74, 6) is -3.22. The van der Waals surface area contributed by atoms with Crippen LogP contribution in [0.4, 0.5) is 8.78 Å². The van der Waals surface area contributed by atoms with Crippen LogP contribution in [0.2, 0.25) is 0 Å². The van der Waals surface area contributed by atoms with Crippen LogP contribution in [0.3, 0.4) is 0 Å². The minimum atomic E-state index is -2.70. The van der Waals surface area contributed by atoms with Crippen molar-refractivity contribution in [1.82, 2.24) is 0 Å². The molecule has 2 rings (SSSR count). The van der Waals surface area contributed by atoms with Crippen LogP contribution in [0, 0.1) is 5.92 Å². The Hall–Kier alpha value is -0.960.